The van der Waals surface area contributed by atoms with Crippen molar-refractivity contribution in [2.45, 2.75) is 5.41 Å². The van der Waals surface area contributed by atoms with Crippen LogP contribution in [-0.4, -0.2) is 4.57 Å². The van der Waals surface area contributed by atoms with Crippen molar-refractivity contribution < 1.29 is 0 Å². The van der Waals surface area contributed by atoms with E-state index in [2.05, 4.69) is 301 Å². The van der Waals surface area contributed by atoms with E-state index in [0.717, 1.165) is 33.9 Å². The van der Waals surface area contributed by atoms with Gasteiger partial charge in [0, 0.05) is 33.5 Å². The van der Waals surface area contributed by atoms with Crippen LogP contribution in [0.5, 0.6) is 0 Å². The van der Waals surface area contributed by atoms with Gasteiger partial charge in [-0.3, -0.25) is 0 Å². The highest BCUT2D eigenvalue weighted by Gasteiger charge is 2.47. The number of benzene rings is 12. The molecule has 0 unspecified atom stereocenters. The van der Waals surface area contributed by atoms with Crippen LogP contribution in [-0.2, 0) is 5.41 Å². The highest BCUT2D eigenvalue weighted by molar-refractivity contribution is 6.11. The number of hydrogen-bond donors (Lipinski definition) is 0. The summed E-state index contributed by atoms with van der Waals surface area (Å²) >= 11 is 0. The molecule has 1 aliphatic rings. The molecule has 0 atom stereocenters. The van der Waals surface area contributed by atoms with Crippen LogP contribution in [0.4, 0.5) is 17.1 Å². The summed E-state index contributed by atoms with van der Waals surface area (Å²) in [5, 5.41) is 5.00. The van der Waals surface area contributed by atoms with Gasteiger partial charge in [0.25, 0.3) is 0 Å². The van der Waals surface area contributed by atoms with Gasteiger partial charge in [-0.1, -0.05) is 218 Å². The molecule has 0 saturated heterocycles. The van der Waals surface area contributed by atoms with E-state index in [0.29, 0.717) is 0 Å². The lowest BCUT2D eigenvalue weighted by molar-refractivity contribution is 0.769. The molecule has 0 aliphatic heterocycles. The van der Waals surface area contributed by atoms with Gasteiger partial charge in [-0.15, -0.1) is 0 Å². The van der Waals surface area contributed by atoms with Gasteiger partial charge in [0.05, 0.1) is 16.4 Å². The summed E-state index contributed by atoms with van der Waals surface area (Å²) in [6, 6.07) is 107. The van der Waals surface area contributed by atoms with E-state index in [1.54, 1.807) is 0 Å². The molecule has 1 aliphatic carbocycles. The van der Waals surface area contributed by atoms with E-state index in [9.17, 15) is 0 Å². The zero-order chi connectivity index (χ0) is 48.3. The zero-order valence-corrected chi connectivity index (χ0v) is 40.1. The molecule has 12 aromatic carbocycles. The van der Waals surface area contributed by atoms with Crippen molar-refractivity contribution >= 4 is 49.6 Å². The quantitative estimate of drug-likeness (QED) is 0.140. The molecule has 14 rings (SSSR count). The normalized spacial score (nSPS) is 12.5. The minimum atomic E-state index is -0.572. The largest absolute Gasteiger partial charge is 0.310 e. The first-order valence-electron chi connectivity index (χ1n) is 25.2. The van der Waals surface area contributed by atoms with Crippen LogP contribution < -0.4 is 4.90 Å². The van der Waals surface area contributed by atoms with Crippen LogP contribution >= 0.6 is 0 Å². The minimum absolute atomic E-state index is 0.572. The predicted molar refractivity (Wildman–Crippen MR) is 307 cm³/mol. The van der Waals surface area contributed by atoms with Crippen LogP contribution in [0, 0.1) is 0 Å². The average molecular weight is 929 g/mol. The van der Waals surface area contributed by atoms with E-state index in [4.69, 9.17) is 0 Å². The van der Waals surface area contributed by atoms with Crippen LogP contribution in [0.25, 0.3) is 82.8 Å². The Morgan fingerprint density at radius 1 is 0.288 bits per heavy atom. The number of anilines is 3. The second-order valence-corrected chi connectivity index (χ2v) is 19.2. The lowest BCUT2D eigenvalue weighted by Crippen LogP contribution is -2.28. The fraction of sp³-hybridized carbons (Fsp3) is 0.0141. The molecule has 1 heterocycles. The monoisotopic (exact) mass is 928 g/mol. The van der Waals surface area contributed by atoms with Crippen LogP contribution in [0.1, 0.15) is 22.3 Å². The Balaban J connectivity index is 0.933. The molecule has 73 heavy (non-hydrogen) atoms. The maximum atomic E-state index is 2.48. The van der Waals surface area contributed by atoms with Gasteiger partial charge in [0.15, 0.2) is 0 Å². The van der Waals surface area contributed by atoms with E-state index in [-0.39, 0.29) is 0 Å². The lowest BCUT2D eigenvalue weighted by atomic mass is 9.67. The van der Waals surface area contributed by atoms with Gasteiger partial charge in [-0.25, -0.2) is 0 Å². The van der Waals surface area contributed by atoms with Crippen molar-refractivity contribution in [2.24, 2.45) is 0 Å². The van der Waals surface area contributed by atoms with Gasteiger partial charge in [-0.05, 0) is 150 Å². The highest BCUT2D eigenvalue weighted by Crippen LogP contribution is 2.59. The lowest BCUT2D eigenvalue weighted by Gasteiger charge is -2.35. The molecule has 0 amide bonds. The van der Waals surface area contributed by atoms with Crippen molar-refractivity contribution in [3.8, 4) is 50.2 Å². The number of aromatic nitrogens is 1. The second kappa shape index (κ2) is 17.4. The molecule has 1 aromatic heterocycles. The summed E-state index contributed by atoms with van der Waals surface area (Å²) in [6.45, 7) is 0. The first-order valence-corrected chi connectivity index (χ1v) is 25.2. The Morgan fingerprint density at radius 3 is 1.53 bits per heavy atom. The van der Waals surface area contributed by atoms with E-state index in [1.165, 1.54) is 88.2 Å². The van der Waals surface area contributed by atoms with Crippen molar-refractivity contribution in [1.82, 2.24) is 4.57 Å². The number of rotatable bonds is 9. The third-order valence-electron chi connectivity index (χ3n) is 15.2. The summed E-state index contributed by atoms with van der Waals surface area (Å²) in [4.78, 5) is 2.45. The highest BCUT2D eigenvalue weighted by atomic mass is 15.1. The first kappa shape index (κ1) is 42.4. The van der Waals surface area contributed by atoms with Gasteiger partial charge in [-0.2, -0.15) is 0 Å². The summed E-state index contributed by atoms with van der Waals surface area (Å²) < 4.78 is 2.38. The SMILES string of the molecule is c1ccc(-c2ccc(N(c3cccc(-c4cccc(-c5ccc6c(c5)c5ccccc5n6-c5ccccc5)c4)c3)c3ccc4c(c3)C(c3ccccc3)(c3ccccc3)c3ccc5ccccc5c3-4)cc2)cc1. The predicted octanol–water partition coefficient (Wildman–Crippen LogP) is 18.8. The molecule has 0 radical (unpaired) electrons. The molecule has 0 bridgehead atoms. The maximum absolute atomic E-state index is 2.48. The average Bonchev–Trinajstić information content (AvgIpc) is 3.99. The smallest absolute Gasteiger partial charge is 0.0714 e. The second-order valence-electron chi connectivity index (χ2n) is 19.2. The third kappa shape index (κ3) is 6.94. The Bertz CT molecular complexity index is 4140. The molecule has 13 aromatic rings. The van der Waals surface area contributed by atoms with E-state index in [1.807, 2.05) is 0 Å². The molecule has 2 nitrogen and oxygen atoms in total. The van der Waals surface area contributed by atoms with Crippen molar-refractivity contribution in [3.63, 3.8) is 0 Å². The van der Waals surface area contributed by atoms with E-state index < -0.39 is 5.41 Å². The topological polar surface area (TPSA) is 8.17 Å². The van der Waals surface area contributed by atoms with Gasteiger partial charge >= 0.3 is 0 Å². The van der Waals surface area contributed by atoms with E-state index >= 15 is 0 Å². The molecule has 0 fully saturated rings. The maximum Gasteiger partial charge on any atom is 0.0714 e. The number of para-hydroxylation sites is 2. The fourth-order valence-electron chi connectivity index (χ4n) is 12.0. The van der Waals surface area contributed by atoms with Crippen molar-refractivity contribution in [3.05, 3.63) is 313 Å². The number of nitrogens with zero attached hydrogens (tertiary/aromatic N) is 2. The van der Waals surface area contributed by atoms with Crippen molar-refractivity contribution in [2.75, 3.05) is 4.90 Å². The molecule has 0 spiro atoms. The van der Waals surface area contributed by atoms with Gasteiger partial charge in [0.2, 0.25) is 0 Å². The minimum Gasteiger partial charge on any atom is -0.310 e. The standard InChI is InChI=1S/C71H48N2/c1-5-19-49(20-6-1)50-35-39-59(40-36-50)72(61-41-42-64-67(48-61)71(56-25-7-2-8-26-56,57-27-9-3-10-28-57)66-43-37-51-21-13-14-32-62(51)70(64)66)60-31-18-24-54(46-60)52-22-17-23-53(45-52)55-38-44-69-65(47-55)63-33-15-16-34-68(63)73(69)58-29-11-4-12-30-58/h1-48H. The Hall–Kier alpha value is -9.50. The van der Waals surface area contributed by atoms with Gasteiger partial charge in [0.1, 0.15) is 0 Å². The van der Waals surface area contributed by atoms with Gasteiger partial charge < -0.3 is 9.47 Å². The Morgan fingerprint density at radius 2 is 0.808 bits per heavy atom. The summed E-state index contributed by atoms with van der Waals surface area (Å²) in [6.07, 6.45) is 0. The fourth-order valence-corrected chi connectivity index (χ4v) is 12.0. The summed E-state index contributed by atoms with van der Waals surface area (Å²) in [5.74, 6) is 0. The zero-order valence-electron chi connectivity index (χ0n) is 40.1. The Kier molecular flexibility index (Phi) is 10.1. The first-order chi connectivity index (χ1) is 36.2. The molecule has 2 heteroatoms. The molecular weight excluding hydrogens is 881 g/mol. The third-order valence-corrected chi connectivity index (χ3v) is 15.2. The molecule has 0 saturated carbocycles. The van der Waals surface area contributed by atoms with Crippen LogP contribution in [0.2, 0.25) is 0 Å². The van der Waals surface area contributed by atoms with Crippen LogP contribution in [0.3, 0.4) is 0 Å². The molecule has 0 N–H and O–H groups in total. The number of hydrogen-bond acceptors (Lipinski definition) is 1. The summed E-state index contributed by atoms with van der Waals surface area (Å²) in [5.41, 5.74) is 20.9. The van der Waals surface area contributed by atoms with Crippen LogP contribution in [0.15, 0.2) is 291 Å². The summed E-state index contributed by atoms with van der Waals surface area (Å²) in [7, 11) is 0. The van der Waals surface area contributed by atoms with Crippen molar-refractivity contribution in [1.29, 1.82) is 0 Å². The number of fused-ring (bicyclic) bond motifs is 8. The molecular formula is C71H48N2. The molecule has 342 valence electrons. The Labute approximate surface area is 426 Å².